The summed E-state index contributed by atoms with van der Waals surface area (Å²) in [5.74, 6) is 8.38. The lowest BCUT2D eigenvalue weighted by Gasteiger charge is -2.39. The van der Waals surface area contributed by atoms with Crippen molar-refractivity contribution in [2.75, 3.05) is 13.2 Å². The minimum Gasteiger partial charge on any atom is -0.381 e. The lowest BCUT2D eigenvalue weighted by molar-refractivity contribution is 0.0381. The third-order valence-corrected chi connectivity index (χ3v) is 5.33. The largest absolute Gasteiger partial charge is 0.381 e. The molecule has 3 N–H and O–H groups in total. The molecular formula is C16H32N2O. The van der Waals surface area contributed by atoms with Crippen LogP contribution in [0.4, 0.5) is 0 Å². The van der Waals surface area contributed by atoms with E-state index in [1.807, 2.05) is 0 Å². The lowest BCUT2D eigenvalue weighted by Crippen LogP contribution is -2.48. The van der Waals surface area contributed by atoms with Crippen LogP contribution in [0.3, 0.4) is 0 Å². The Bertz CT molecular complexity index is 233. The molecule has 1 atom stereocenters. The van der Waals surface area contributed by atoms with E-state index in [0.29, 0.717) is 6.04 Å². The molecule has 112 valence electrons. The summed E-state index contributed by atoms with van der Waals surface area (Å²) in [6, 6.07) is 0.524. The summed E-state index contributed by atoms with van der Waals surface area (Å²) in [5, 5.41) is 0. The summed E-state index contributed by atoms with van der Waals surface area (Å²) < 4.78 is 5.47. The van der Waals surface area contributed by atoms with Gasteiger partial charge in [-0.3, -0.25) is 11.3 Å². The predicted molar refractivity (Wildman–Crippen MR) is 79.6 cm³/mol. The maximum atomic E-state index is 5.86. The standard InChI is InChI=1S/C16H32N2O/c1-2-3-4-13-5-7-14(8-6-13)16(18-17)15-9-11-19-12-10-15/h13-16,18H,2-12,17H2,1H3. The van der Waals surface area contributed by atoms with E-state index in [1.165, 1.54) is 57.8 Å². The van der Waals surface area contributed by atoms with Crippen molar-refractivity contribution in [3.05, 3.63) is 0 Å². The van der Waals surface area contributed by atoms with E-state index in [1.54, 1.807) is 0 Å². The molecule has 1 saturated heterocycles. The molecule has 2 fully saturated rings. The summed E-state index contributed by atoms with van der Waals surface area (Å²) in [5.41, 5.74) is 3.14. The highest BCUT2D eigenvalue weighted by molar-refractivity contribution is 4.86. The fraction of sp³-hybridized carbons (Fsp3) is 1.00. The molecule has 1 saturated carbocycles. The minimum atomic E-state index is 0.524. The van der Waals surface area contributed by atoms with Crippen LogP contribution >= 0.6 is 0 Å². The molecular weight excluding hydrogens is 236 g/mol. The van der Waals surface area contributed by atoms with Crippen molar-refractivity contribution < 1.29 is 4.74 Å². The molecule has 2 aliphatic rings. The zero-order valence-corrected chi connectivity index (χ0v) is 12.6. The Morgan fingerprint density at radius 1 is 1.05 bits per heavy atom. The van der Waals surface area contributed by atoms with Crippen molar-refractivity contribution in [3.63, 3.8) is 0 Å². The van der Waals surface area contributed by atoms with E-state index < -0.39 is 0 Å². The van der Waals surface area contributed by atoms with Crippen LogP contribution in [0.1, 0.15) is 64.7 Å². The van der Waals surface area contributed by atoms with Crippen LogP contribution in [0, 0.1) is 17.8 Å². The SMILES string of the molecule is CCCCC1CCC(C(NN)C2CCOCC2)CC1. The third-order valence-electron chi connectivity index (χ3n) is 5.33. The molecule has 0 radical (unpaired) electrons. The van der Waals surface area contributed by atoms with E-state index >= 15 is 0 Å². The number of rotatable bonds is 6. The van der Waals surface area contributed by atoms with Gasteiger partial charge in [-0.2, -0.15) is 0 Å². The highest BCUT2D eigenvalue weighted by Crippen LogP contribution is 2.36. The van der Waals surface area contributed by atoms with Gasteiger partial charge in [0, 0.05) is 19.3 Å². The number of nitrogens with one attached hydrogen (secondary N) is 1. The minimum absolute atomic E-state index is 0.524. The van der Waals surface area contributed by atoms with E-state index in [4.69, 9.17) is 10.6 Å². The Labute approximate surface area is 118 Å². The van der Waals surface area contributed by atoms with Gasteiger partial charge in [0.25, 0.3) is 0 Å². The van der Waals surface area contributed by atoms with Gasteiger partial charge in [-0.25, -0.2) is 0 Å². The van der Waals surface area contributed by atoms with Crippen molar-refractivity contribution in [1.82, 2.24) is 5.43 Å². The van der Waals surface area contributed by atoms with Crippen molar-refractivity contribution in [2.45, 2.75) is 70.8 Å². The molecule has 1 unspecified atom stereocenters. The Balaban J connectivity index is 1.77. The van der Waals surface area contributed by atoms with Crippen LogP contribution in [-0.2, 0) is 4.74 Å². The number of hydrazine groups is 1. The summed E-state index contributed by atoms with van der Waals surface area (Å²) in [6.45, 7) is 4.15. The van der Waals surface area contributed by atoms with Crippen LogP contribution in [0.15, 0.2) is 0 Å². The number of unbranched alkanes of at least 4 members (excludes halogenated alkanes) is 1. The van der Waals surface area contributed by atoms with Crippen LogP contribution in [0.5, 0.6) is 0 Å². The van der Waals surface area contributed by atoms with Crippen LogP contribution in [0.2, 0.25) is 0 Å². The van der Waals surface area contributed by atoms with Crippen molar-refractivity contribution >= 4 is 0 Å². The predicted octanol–water partition coefficient (Wildman–Crippen LogP) is 3.24. The van der Waals surface area contributed by atoms with Gasteiger partial charge in [0.05, 0.1) is 0 Å². The van der Waals surface area contributed by atoms with Crippen molar-refractivity contribution in [1.29, 1.82) is 0 Å². The monoisotopic (exact) mass is 268 g/mol. The smallest absolute Gasteiger partial charge is 0.0469 e. The molecule has 1 heterocycles. The molecule has 3 nitrogen and oxygen atoms in total. The normalized spacial score (nSPS) is 31.3. The molecule has 0 amide bonds. The number of ether oxygens (including phenoxy) is 1. The molecule has 0 spiro atoms. The van der Waals surface area contributed by atoms with Gasteiger partial charge in [0.1, 0.15) is 0 Å². The fourth-order valence-electron chi connectivity index (χ4n) is 4.06. The summed E-state index contributed by atoms with van der Waals surface area (Å²) in [7, 11) is 0. The second-order valence-corrected chi connectivity index (χ2v) is 6.57. The van der Waals surface area contributed by atoms with Crippen LogP contribution < -0.4 is 11.3 Å². The summed E-state index contributed by atoms with van der Waals surface area (Å²) in [6.07, 6.45) is 12.2. The Hall–Kier alpha value is -0.120. The Morgan fingerprint density at radius 3 is 2.26 bits per heavy atom. The first-order valence-electron chi connectivity index (χ1n) is 8.39. The number of hydrogen-bond donors (Lipinski definition) is 2. The van der Waals surface area contributed by atoms with Crippen LogP contribution in [-0.4, -0.2) is 19.3 Å². The topological polar surface area (TPSA) is 47.3 Å². The number of nitrogens with two attached hydrogens (primary N) is 1. The van der Waals surface area contributed by atoms with E-state index in [9.17, 15) is 0 Å². The quantitative estimate of drug-likeness (QED) is 0.574. The lowest BCUT2D eigenvalue weighted by atomic mass is 9.73. The summed E-state index contributed by atoms with van der Waals surface area (Å²) >= 11 is 0. The average molecular weight is 268 g/mol. The molecule has 1 aliphatic carbocycles. The van der Waals surface area contributed by atoms with Gasteiger partial charge in [-0.1, -0.05) is 39.0 Å². The third kappa shape index (κ3) is 4.44. The van der Waals surface area contributed by atoms with Gasteiger partial charge in [0.15, 0.2) is 0 Å². The van der Waals surface area contributed by atoms with Crippen molar-refractivity contribution in [3.8, 4) is 0 Å². The van der Waals surface area contributed by atoms with Gasteiger partial charge >= 0.3 is 0 Å². The zero-order chi connectivity index (χ0) is 13.5. The van der Waals surface area contributed by atoms with Gasteiger partial charge in [-0.05, 0) is 43.4 Å². The highest BCUT2D eigenvalue weighted by Gasteiger charge is 2.32. The first kappa shape index (κ1) is 15.3. The van der Waals surface area contributed by atoms with E-state index in [-0.39, 0.29) is 0 Å². The number of hydrogen-bond acceptors (Lipinski definition) is 3. The average Bonchev–Trinajstić information content (AvgIpc) is 2.48. The molecule has 1 aliphatic heterocycles. The van der Waals surface area contributed by atoms with E-state index in [2.05, 4.69) is 12.3 Å². The maximum absolute atomic E-state index is 5.86. The Kier molecular flexibility index (Phi) is 6.62. The second kappa shape index (κ2) is 8.23. The molecule has 0 aromatic carbocycles. The molecule has 0 aromatic heterocycles. The molecule has 3 heteroatoms. The van der Waals surface area contributed by atoms with Crippen molar-refractivity contribution in [2.24, 2.45) is 23.6 Å². The maximum Gasteiger partial charge on any atom is 0.0469 e. The van der Waals surface area contributed by atoms with Gasteiger partial charge < -0.3 is 4.74 Å². The molecule has 0 aromatic rings. The molecule has 2 rings (SSSR count). The first-order valence-corrected chi connectivity index (χ1v) is 8.39. The van der Waals surface area contributed by atoms with Crippen LogP contribution in [0.25, 0.3) is 0 Å². The highest BCUT2D eigenvalue weighted by atomic mass is 16.5. The Morgan fingerprint density at radius 2 is 1.68 bits per heavy atom. The fourth-order valence-corrected chi connectivity index (χ4v) is 4.06. The van der Waals surface area contributed by atoms with Gasteiger partial charge in [0.2, 0.25) is 0 Å². The molecule has 19 heavy (non-hydrogen) atoms. The first-order chi connectivity index (χ1) is 9.35. The zero-order valence-electron chi connectivity index (χ0n) is 12.6. The molecule has 0 bridgehead atoms. The second-order valence-electron chi connectivity index (χ2n) is 6.57. The van der Waals surface area contributed by atoms with Gasteiger partial charge in [-0.15, -0.1) is 0 Å². The van der Waals surface area contributed by atoms with E-state index in [0.717, 1.165) is 31.0 Å². The summed E-state index contributed by atoms with van der Waals surface area (Å²) in [4.78, 5) is 0.